The highest BCUT2D eigenvalue weighted by atomic mass is 32.1. The summed E-state index contributed by atoms with van der Waals surface area (Å²) >= 11 is 1.16. The van der Waals surface area contributed by atoms with Gasteiger partial charge >= 0.3 is 12.6 Å². The maximum atomic E-state index is 12.6. The summed E-state index contributed by atoms with van der Waals surface area (Å²) < 4.78 is 29.8. The fourth-order valence-corrected chi connectivity index (χ4v) is 3.74. The van der Waals surface area contributed by atoms with Gasteiger partial charge in [0.25, 0.3) is 5.91 Å². The summed E-state index contributed by atoms with van der Waals surface area (Å²) in [5, 5.41) is 7.37. The molecular formula is C20H16F2N4O3S. The van der Waals surface area contributed by atoms with Crippen LogP contribution in [0.2, 0.25) is 0 Å². The van der Waals surface area contributed by atoms with Gasteiger partial charge in [0.1, 0.15) is 5.75 Å². The summed E-state index contributed by atoms with van der Waals surface area (Å²) in [6, 6.07) is 12.8. The van der Waals surface area contributed by atoms with E-state index in [1.807, 2.05) is 0 Å². The molecule has 2 N–H and O–H groups in total. The summed E-state index contributed by atoms with van der Waals surface area (Å²) in [6.07, 6.45) is 0. The minimum Gasteiger partial charge on any atom is -0.434 e. The lowest BCUT2D eigenvalue weighted by molar-refractivity contribution is -0.0494. The number of amides is 3. The van der Waals surface area contributed by atoms with Crippen molar-refractivity contribution >= 4 is 34.1 Å². The second kappa shape index (κ2) is 8.46. The highest BCUT2D eigenvalue weighted by Gasteiger charge is 2.22. The molecule has 3 aromatic rings. The number of hydrogen-bond donors (Lipinski definition) is 2. The number of anilines is 2. The molecule has 0 saturated carbocycles. The highest BCUT2D eigenvalue weighted by Crippen LogP contribution is 2.33. The Hall–Kier alpha value is -3.53. The average Bonchev–Trinajstić information content (AvgIpc) is 3.37. The lowest BCUT2D eigenvalue weighted by Crippen LogP contribution is -2.27. The van der Waals surface area contributed by atoms with Crippen LogP contribution in [0.1, 0.15) is 10.4 Å². The van der Waals surface area contributed by atoms with Crippen LogP contribution in [0.4, 0.5) is 24.4 Å². The molecule has 1 fully saturated rings. The molecule has 1 aliphatic rings. The minimum absolute atomic E-state index is 0.00673. The molecular weight excluding hydrogens is 414 g/mol. The lowest BCUT2D eigenvalue weighted by atomic mass is 10.1. The van der Waals surface area contributed by atoms with Crippen LogP contribution in [-0.2, 0) is 0 Å². The molecule has 0 radical (unpaired) electrons. The van der Waals surface area contributed by atoms with Crippen LogP contribution in [0.3, 0.4) is 0 Å². The summed E-state index contributed by atoms with van der Waals surface area (Å²) in [5.41, 5.74) is 1.80. The van der Waals surface area contributed by atoms with E-state index in [1.54, 1.807) is 52.7 Å². The van der Waals surface area contributed by atoms with Gasteiger partial charge in [-0.2, -0.15) is 8.78 Å². The van der Waals surface area contributed by atoms with E-state index in [2.05, 4.69) is 20.4 Å². The van der Waals surface area contributed by atoms with Crippen LogP contribution in [0, 0.1) is 0 Å². The smallest absolute Gasteiger partial charge is 0.387 e. The first kappa shape index (κ1) is 19.8. The van der Waals surface area contributed by atoms with Crippen molar-refractivity contribution in [3.63, 3.8) is 0 Å². The zero-order chi connectivity index (χ0) is 21.1. The summed E-state index contributed by atoms with van der Waals surface area (Å²) in [4.78, 5) is 30.3. The molecule has 0 atom stereocenters. The number of hydrogen-bond acceptors (Lipinski definition) is 5. The number of urea groups is 1. The number of nitrogens with one attached hydrogen (secondary N) is 2. The van der Waals surface area contributed by atoms with Crippen LogP contribution >= 0.6 is 11.3 Å². The third kappa shape index (κ3) is 4.23. The predicted molar refractivity (Wildman–Crippen MR) is 109 cm³/mol. The van der Waals surface area contributed by atoms with E-state index in [4.69, 9.17) is 0 Å². The zero-order valence-electron chi connectivity index (χ0n) is 15.5. The number of aromatic nitrogens is 1. The molecule has 2 aromatic carbocycles. The monoisotopic (exact) mass is 430 g/mol. The van der Waals surface area contributed by atoms with Crippen LogP contribution in [0.5, 0.6) is 5.75 Å². The van der Waals surface area contributed by atoms with E-state index >= 15 is 0 Å². The largest absolute Gasteiger partial charge is 0.434 e. The number of halogens is 2. The van der Waals surface area contributed by atoms with Gasteiger partial charge in [0, 0.05) is 35.3 Å². The molecule has 1 aromatic heterocycles. The minimum atomic E-state index is -2.95. The Bertz CT molecular complexity index is 1090. The van der Waals surface area contributed by atoms with Crippen molar-refractivity contribution in [1.82, 2.24) is 10.3 Å². The van der Waals surface area contributed by atoms with E-state index in [0.29, 0.717) is 40.7 Å². The number of rotatable bonds is 6. The molecule has 30 heavy (non-hydrogen) atoms. The van der Waals surface area contributed by atoms with Gasteiger partial charge in [0.15, 0.2) is 5.13 Å². The van der Waals surface area contributed by atoms with Crippen LogP contribution in [-0.4, -0.2) is 36.6 Å². The average molecular weight is 430 g/mol. The van der Waals surface area contributed by atoms with Gasteiger partial charge in [-0.3, -0.25) is 15.0 Å². The number of ether oxygens (including phenoxy) is 1. The third-order valence-electron chi connectivity index (χ3n) is 4.38. The number of benzene rings is 2. The number of nitrogens with zero attached hydrogens (tertiary/aromatic N) is 2. The predicted octanol–water partition coefficient (Wildman–Crippen LogP) is 4.19. The first-order valence-corrected chi connectivity index (χ1v) is 9.86. The number of thiazole rings is 1. The van der Waals surface area contributed by atoms with Gasteiger partial charge in [-0.15, -0.1) is 11.3 Å². The van der Waals surface area contributed by atoms with Crippen molar-refractivity contribution in [3.8, 4) is 17.0 Å². The van der Waals surface area contributed by atoms with Gasteiger partial charge in [-0.1, -0.05) is 18.2 Å². The quantitative estimate of drug-likeness (QED) is 0.614. The van der Waals surface area contributed by atoms with Gasteiger partial charge in [-0.05, 0) is 30.3 Å². The van der Waals surface area contributed by atoms with Crippen molar-refractivity contribution in [3.05, 3.63) is 59.5 Å². The van der Waals surface area contributed by atoms with E-state index in [9.17, 15) is 18.4 Å². The molecule has 0 bridgehead atoms. The summed E-state index contributed by atoms with van der Waals surface area (Å²) in [5.74, 6) is -0.387. The molecule has 2 heterocycles. The van der Waals surface area contributed by atoms with Gasteiger partial charge in [0.2, 0.25) is 0 Å². The second-order valence-electron chi connectivity index (χ2n) is 6.30. The standard InChI is InChI=1S/C20H16F2N4O3S/c21-18(22)29-16-7-2-1-6-14(16)15-11-30-19(24-15)25-17(27)12-4-3-5-13(10-12)26-9-8-23-20(26)28/h1-7,10-11,18H,8-9H2,(H,23,28)(H,24,25,27). The second-order valence-corrected chi connectivity index (χ2v) is 7.16. The van der Waals surface area contributed by atoms with E-state index in [0.717, 1.165) is 11.3 Å². The number of carbonyl (C=O) groups excluding carboxylic acids is 2. The van der Waals surface area contributed by atoms with Crippen molar-refractivity contribution < 1.29 is 23.1 Å². The molecule has 10 heteroatoms. The number of alkyl halides is 2. The Morgan fingerprint density at radius 1 is 1.23 bits per heavy atom. The Morgan fingerprint density at radius 2 is 2.07 bits per heavy atom. The Balaban J connectivity index is 1.51. The van der Waals surface area contributed by atoms with Crippen molar-refractivity contribution in [2.24, 2.45) is 0 Å². The SMILES string of the molecule is O=C(Nc1nc(-c2ccccc2OC(F)F)cs1)c1cccc(N2CCNC2=O)c1. The van der Waals surface area contributed by atoms with E-state index in [1.165, 1.54) is 6.07 Å². The molecule has 1 aliphatic heterocycles. The zero-order valence-corrected chi connectivity index (χ0v) is 16.3. The molecule has 1 saturated heterocycles. The van der Waals surface area contributed by atoms with Gasteiger partial charge in [0.05, 0.1) is 5.69 Å². The third-order valence-corrected chi connectivity index (χ3v) is 5.14. The van der Waals surface area contributed by atoms with E-state index < -0.39 is 12.5 Å². The molecule has 3 amide bonds. The van der Waals surface area contributed by atoms with Gasteiger partial charge < -0.3 is 10.1 Å². The molecule has 0 aliphatic carbocycles. The molecule has 0 unspecified atom stereocenters. The number of carbonyl (C=O) groups is 2. The number of para-hydroxylation sites is 1. The lowest BCUT2D eigenvalue weighted by Gasteiger charge is -2.14. The fourth-order valence-electron chi connectivity index (χ4n) is 3.03. The van der Waals surface area contributed by atoms with Gasteiger partial charge in [-0.25, -0.2) is 9.78 Å². The summed E-state index contributed by atoms with van der Waals surface area (Å²) in [6.45, 7) is -1.87. The van der Waals surface area contributed by atoms with Crippen molar-refractivity contribution in [2.75, 3.05) is 23.3 Å². The van der Waals surface area contributed by atoms with Crippen LogP contribution in [0.25, 0.3) is 11.3 Å². The maximum Gasteiger partial charge on any atom is 0.387 e. The Kier molecular flexibility index (Phi) is 5.57. The summed E-state index contributed by atoms with van der Waals surface area (Å²) in [7, 11) is 0. The molecule has 0 spiro atoms. The Morgan fingerprint density at radius 3 is 2.83 bits per heavy atom. The Labute approximate surface area is 174 Å². The first-order valence-electron chi connectivity index (χ1n) is 8.98. The fraction of sp³-hybridized carbons (Fsp3) is 0.150. The molecule has 154 valence electrons. The van der Waals surface area contributed by atoms with Crippen molar-refractivity contribution in [2.45, 2.75) is 6.61 Å². The normalized spacial score (nSPS) is 13.4. The van der Waals surface area contributed by atoms with E-state index in [-0.39, 0.29) is 11.8 Å². The van der Waals surface area contributed by atoms with Crippen LogP contribution in [0.15, 0.2) is 53.9 Å². The highest BCUT2D eigenvalue weighted by molar-refractivity contribution is 7.14. The first-order chi connectivity index (χ1) is 14.5. The maximum absolute atomic E-state index is 12.6. The molecule has 4 rings (SSSR count). The topological polar surface area (TPSA) is 83.6 Å². The van der Waals surface area contributed by atoms with Crippen molar-refractivity contribution in [1.29, 1.82) is 0 Å². The van der Waals surface area contributed by atoms with Crippen LogP contribution < -0.4 is 20.3 Å². The molecule has 7 nitrogen and oxygen atoms in total.